The lowest BCUT2D eigenvalue weighted by atomic mass is 10.5. The van der Waals surface area contributed by atoms with E-state index in [9.17, 15) is 24.5 Å². The minimum absolute atomic E-state index is 0.0532. The number of nitriles is 1. The fourth-order valence-electron chi connectivity index (χ4n) is 1.54. The third kappa shape index (κ3) is 7.44. The van der Waals surface area contributed by atoms with E-state index in [4.69, 9.17) is 9.68 Å². The summed E-state index contributed by atoms with van der Waals surface area (Å²) in [7, 11) is 0. The Kier molecular flexibility index (Phi) is 8.13. The zero-order valence-corrected chi connectivity index (χ0v) is 14.0. The molecule has 2 aromatic heterocycles. The van der Waals surface area contributed by atoms with Gasteiger partial charge >= 0.3 is 11.9 Å². The fourth-order valence-corrected chi connectivity index (χ4v) is 1.54. The van der Waals surface area contributed by atoms with E-state index in [0.717, 1.165) is 17.3 Å². The predicted molar refractivity (Wildman–Crippen MR) is 91.6 cm³/mol. The van der Waals surface area contributed by atoms with Crippen LogP contribution in [0.25, 0.3) is 0 Å². The molecule has 0 atom stereocenters. The topological polar surface area (TPSA) is 175 Å². The summed E-state index contributed by atoms with van der Waals surface area (Å²) in [5.74, 6) is -0.769. The van der Waals surface area contributed by atoms with Crippen LogP contribution in [-0.4, -0.2) is 39.6 Å². The summed E-state index contributed by atoms with van der Waals surface area (Å²) < 4.78 is 4.78. The smallest absolute Gasteiger partial charge is 0.400 e. The van der Waals surface area contributed by atoms with Gasteiger partial charge in [-0.1, -0.05) is 6.07 Å². The number of nitrogens with one attached hydrogen (secondary N) is 2. The van der Waals surface area contributed by atoms with Crippen LogP contribution in [0.1, 0.15) is 12.7 Å². The molecule has 0 unspecified atom stereocenters. The van der Waals surface area contributed by atoms with Crippen LogP contribution in [0.2, 0.25) is 0 Å². The molecule has 27 heavy (non-hydrogen) atoms. The number of amides is 3. The Labute approximate surface area is 151 Å². The van der Waals surface area contributed by atoms with Crippen molar-refractivity contribution in [3.8, 4) is 6.07 Å². The normalized spacial score (nSPS) is 12.4. The van der Waals surface area contributed by atoms with Gasteiger partial charge in [-0.05, 0) is 12.1 Å². The maximum absolute atomic E-state index is 11.1. The van der Waals surface area contributed by atoms with Crippen molar-refractivity contribution in [3.05, 3.63) is 62.8 Å². The van der Waals surface area contributed by atoms with Crippen molar-refractivity contribution in [1.82, 2.24) is 15.3 Å². The molecule has 1 saturated heterocycles. The number of furan rings is 1. The van der Waals surface area contributed by atoms with Crippen LogP contribution in [0.5, 0.6) is 0 Å². The molecule has 2 aromatic rings. The van der Waals surface area contributed by atoms with Crippen LogP contribution in [0.3, 0.4) is 0 Å². The van der Waals surface area contributed by atoms with Gasteiger partial charge < -0.3 is 9.40 Å². The number of urea groups is 1. The molecule has 3 heterocycles. The van der Waals surface area contributed by atoms with E-state index in [1.54, 1.807) is 24.4 Å². The second-order valence-electron chi connectivity index (χ2n) is 4.54. The highest BCUT2D eigenvalue weighted by molar-refractivity contribution is 6.02. The van der Waals surface area contributed by atoms with E-state index >= 15 is 0 Å². The van der Waals surface area contributed by atoms with Gasteiger partial charge in [-0.15, -0.1) is 0 Å². The molecule has 12 nitrogen and oxygen atoms in total. The third-order valence-electron chi connectivity index (χ3n) is 2.57. The summed E-state index contributed by atoms with van der Waals surface area (Å²) in [6, 6.07) is 8.53. The number of imide groups is 1. The number of aromatic nitrogens is 1. The summed E-state index contributed by atoms with van der Waals surface area (Å²) in [5, 5.41) is 24.2. The number of rotatable bonds is 3. The minimum Gasteiger partial charge on any atom is -0.400 e. The molecule has 140 valence electrons. The lowest BCUT2D eigenvalue weighted by Gasteiger charge is -2.02. The Balaban J connectivity index is 0.000000301. The van der Waals surface area contributed by atoms with Crippen LogP contribution < -0.4 is 10.9 Å². The summed E-state index contributed by atoms with van der Waals surface area (Å²) >= 11 is 0. The number of hydrogen-bond donors (Lipinski definition) is 2. The summed E-state index contributed by atoms with van der Waals surface area (Å²) in [6.07, 6.45) is 2.72. The van der Waals surface area contributed by atoms with Crippen molar-refractivity contribution in [2.45, 2.75) is 6.92 Å². The maximum atomic E-state index is 11.1. The first-order valence-corrected chi connectivity index (χ1v) is 7.21. The van der Waals surface area contributed by atoms with Crippen molar-refractivity contribution in [2.75, 3.05) is 6.54 Å². The predicted octanol–water partition coefficient (Wildman–Crippen LogP) is 0.978. The first kappa shape index (κ1) is 20.8. The van der Waals surface area contributed by atoms with Gasteiger partial charge in [-0.2, -0.15) is 10.4 Å². The molecular weight excluding hydrogens is 360 g/mol. The lowest BCUT2D eigenvalue weighted by Crippen LogP contribution is -2.24. The van der Waals surface area contributed by atoms with Crippen molar-refractivity contribution in [3.63, 3.8) is 0 Å². The summed E-state index contributed by atoms with van der Waals surface area (Å²) in [5.41, 5.74) is -0.0532. The maximum Gasteiger partial charge on any atom is 0.433 e. The van der Waals surface area contributed by atoms with E-state index in [1.165, 1.54) is 19.1 Å². The highest BCUT2D eigenvalue weighted by Crippen LogP contribution is 2.14. The zero-order valence-electron chi connectivity index (χ0n) is 14.0. The Hall–Kier alpha value is -4.27. The van der Waals surface area contributed by atoms with Crippen LogP contribution in [0.4, 0.5) is 10.7 Å². The molecule has 0 saturated carbocycles. The van der Waals surface area contributed by atoms with Gasteiger partial charge in [0.2, 0.25) is 11.5 Å². The second kappa shape index (κ2) is 10.6. The molecule has 0 spiro atoms. The van der Waals surface area contributed by atoms with Gasteiger partial charge in [0.25, 0.3) is 0 Å². The number of hydrogen-bond acceptors (Lipinski definition) is 8. The van der Waals surface area contributed by atoms with Gasteiger partial charge in [0, 0.05) is 19.2 Å². The highest BCUT2D eigenvalue weighted by Gasteiger charge is 2.26. The molecule has 3 rings (SSSR count). The number of H-pyrrole nitrogens is 1. The molecule has 0 aliphatic carbocycles. The zero-order chi connectivity index (χ0) is 20.2. The highest BCUT2D eigenvalue weighted by atomic mass is 16.6. The molecule has 0 aromatic carbocycles. The summed E-state index contributed by atoms with van der Waals surface area (Å²) in [4.78, 5) is 44.2. The monoisotopic (exact) mass is 374 g/mol. The average Bonchev–Trinajstić information content (AvgIpc) is 3.21. The van der Waals surface area contributed by atoms with E-state index in [0.29, 0.717) is 0 Å². The number of nitrogens with zero attached hydrogens (tertiary/aromatic N) is 4. The Morgan fingerprint density at radius 3 is 2.44 bits per heavy atom. The molecule has 1 fully saturated rings. The van der Waals surface area contributed by atoms with Crippen LogP contribution in [0, 0.1) is 21.4 Å². The number of hydrazone groups is 1. The minimum atomic E-state index is -0.691. The van der Waals surface area contributed by atoms with Gasteiger partial charge in [-0.3, -0.25) is 25.0 Å². The average molecular weight is 374 g/mol. The Morgan fingerprint density at radius 1 is 1.33 bits per heavy atom. The molecule has 1 aliphatic rings. The van der Waals surface area contributed by atoms with Crippen molar-refractivity contribution in [2.24, 2.45) is 5.10 Å². The summed E-state index contributed by atoms with van der Waals surface area (Å²) in [6.45, 7) is 1.25. The second-order valence-corrected chi connectivity index (χ2v) is 4.54. The standard InChI is InChI=1S/C8H6N4O5.C5H5NO.C2H3N/c13-6-4-11(8(14)10-6)9-3-5-1-2-7(17-5)12(15)16;7-5-3-1-2-4-6-5;1-2-3/h1-3H,4H2,(H,10,13,14);1-4H,(H,6,7);1H3/b9-3+;;. The molecule has 3 amide bonds. The molecule has 0 bridgehead atoms. The molecule has 0 radical (unpaired) electrons. The van der Waals surface area contributed by atoms with Crippen molar-refractivity contribution in [1.29, 1.82) is 5.26 Å². The van der Waals surface area contributed by atoms with Gasteiger partial charge in [0.1, 0.15) is 11.5 Å². The first-order chi connectivity index (χ1) is 12.9. The molecule has 2 N–H and O–H groups in total. The van der Waals surface area contributed by atoms with E-state index in [-0.39, 0.29) is 17.9 Å². The number of aromatic amines is 1. The largest absolute Gasteiger partial charge is 0.433 e. The van der Waals surface area contributed by atoms with Gasteiger partial charge in [0.15, 0.2) is 5.76 Å². The first-order valence-electron chi connectivity index (χ1n) is 7.21. The SMILES string of the molecule is CC#N.O=C1CN(/N=C/c2ccc([N+](=O)[O-])o2)C(=O)N1.O=c1cccc[nH]1. The Bertz CT molecular complexity index is 908. The van der Waals surface area contributed by atoms with E-state index < -0.39 is 22.7 Å². The molecule has 1 aliphatic heterocycles. The van der Waals surface area contributed by atoms with Crippen molar-refractivity contribution < 1.29 is 18.9 Å². The molecular formula is C15H14N6O6. The van der Waals surface area contributed by atoms with Crippen LogP contribution >= 0.6 is 0 Å². The van der Waals surface area contributed by atoms with Crippen molar-refractivity contribution >= 4 is 24.0 Å². The van der Waals surface area contributed by atoms with E-state index in [2.05, 4.69) is 10.1 Å². The number of carbonyl (C=O) groups is 2. The fraction of sp³-hybridized carbons (Fsp3) is 0.133. The number of carbonyl (C=O) groups excluding carboxylic acids is 2. The van der Waals surface area contributed by atoms with Gasteiger partial charge in [-0.25, -0.2) is 9.80 Å². The number of pyridine rings is 1. The Morgan fingerprint density at radius 2 is 2.04 bits per heavy atom. The van der Waals surface area contributed by atoms with Crippen LogP contribution in [-0.2, 0) is 4.79 Å². The molecule has 12 heteroatoms. The quantitative estimate of drug-likeness (QED) is 0.348. The third-order valence-corrected chi connectivity index (χ3v) is 2.57. The van der Waals surface area contributed by atoms with Crippen LogP contribution in [0.15, 0.2) is 50.8 Å². The number of nitro groups is 1. The van der Waals surface area contributed by atoms with E-state index in [1.807, 2.05) is 5.32 Å². The lowest BCUT2D eigenvalue weighted by molar-refractivity contribution is -0.402. The van der Waals surface area contributed by atoms with Gasteiger partial charge in [0.05, 0.1) is 18.4 Å².